The number of halogens is 3. The smallest absolute Gasteiger partial charge is 0.405 e. The number of carbonyl (C=O) groups excluding carboxylic acids is 2. The van der Waals surface area contributed by atoms with Crippen molar-refractivity contribution in [3.63, 3.8) is 0 Å². The second kappa shape index (κ2) is 9.01. The SMILES string of the molecule is Cc1csc(Sc2ccc([N+](=O)[O-])cc2C(=O)OCC(=O)NCC(F)(F)F)n1. The third-order valence-electron chi connectivity index (χ3n) is 3.01. The van der Waals surface area contributed by atoms with Crippen LogP contribution >= 0.6 is 23.1 Å². The number of rotatable bonds is 7. The van der Waals surface area contributed by atoms with Crippen molar-refractivity contribution in [2.24, 2.45) is 0 Å². The maximum Gasteiger partial charge on any atom is 0.405 e. The fourth-order valence-electron chi connectivity index (χ4n) is 1.81. The summed E-state index contributed by atoms with van der Waals surface area (Å²) in [4.78, 5) is 38.4. The van der Waals surface area contributed by atoms with E-state index in [1.165, 1.54) is 23.5 Å². The minimum Gasteiger partial charge on any atom is -0.452 e. The standard InChI is InChI=1S/C15H12F3N3O5S2/c1-8-6-27-14(20-8)28-11-3-2-9(21(24)25)4-10(11)13(23)26-5-12(22)19-7-15(16,17)18/h2-4,6H,5,7H2,1H3,(H,19,22). The number of nitro groups is 1. The highest BCUT2D eigenvalue weighted by Gasteiger charge is 2.28. The zero-order valence-electron chi connectivity index (χ0n) is 14.1. The molecule has 150 valence electrons. The number of nitrogens with zero attached hydrogens (tertiary/aromatic N) is 2. The Morgan fingerprint density at radius 2 is 2.11 bits per heavy atom. The van der Waals surface area contributed by atoms with Gasteiger partial charge >= 0.3 is 12.1 Å². The molecule has 1 N–H and O–H groups in total. The third-order valence-corrected chi connectivity index (χ3v) is 5.14. The number of ether oxygens (including phenoxy) is 1. The number of hydrogen-bond donors (Lipinski definition) is 1. The number of hydrogen-bond acceptors (Lipinski definition) is 8. The van der Waals surface area contributed by atoms with Crippen LogP contribution in [0.1, 0.15) is 16.1 Å². The fourth-order valence-corrected chi connectivity index (χ4v) is 3.71. The molecular weight excluding hydrogens is 423 g/mol. The van der Waals surface area contributed by atoms with E-state index in [4.69, 9.17) is 4.74 Å². The van der Waals surface area contributed by atoms with Crippen LogP contribution in [0.2, 0.25) is 0 Å². The Bertz CT molecular complexity index is 901. The number of non-ortho nitro benzene ring substituents is 1. The van der Waals surface area contributed by atoms with E-state index in [0.29, 0.717) is 9.24 Å². The zero-order valence-corrected chi connectivity index (χ0v) is 15.7. The van der Waals surface area contributed by atoms with Crippen LogP contribution in [-0.4, -0.2) is 41.1 Å². The molecule has 0 saturated carbocycles. The van der Waals surface area contributed by atoms with Gasteiger partial charge in [-0.3, -0.25) is 14.9 Å². The normalized spacial score (nSPS) is 11.1. The quantitative estimate of drug-likeness (QED) is 0.403. The van der Waals surface area contributed by atoms with E-state index in [0.717, 1.165) is 23.5 Å². The summed E-state index contributed by atoms with van der Waals surface area (Å²) in [5, 5.41) is 14.3. The summed E-state index contributed by atoms with van der Waals surface area (Å²) < 4.78 is 41.5. The van der Waals surface area contributed by atoms with Crippen LogP contribution in [0.4, 0.5) is 18.9 Å². The number of benzene rings is 1. The van der Waals surface area contributed by atoms with Gasteiger partial charge in [-0.15, -0.1) is 11.3 Å². The van der Waals surface area contributed by atoms with Crippen molar-refractivity contribution in [2.45, 2.75) is 22.3 Å². The van der Waals surface area contributed by atoms with Crippen LogP contribution in [0.3, 0.4) is 0 Å². The number of thiazole rings is 1. The Labute approximate surface area is 164 Å². The van der Waals surface area contributed by atoms with Crippen LogP contribution in [-0.2, 0) is 9.53 Å². The number of aryl methyl sites for hydroxylation is 1. The van der Waals surface area contributed by atoms with Crippen LogP contribution in [0.25, 0.3) is 0 Å². The van der Waals surface area contributed by atoms with Crippen LogP contribution < -0.4 is 5.32 Å². The largest absolute Gasteiger partial charge is 0.452 e. The number of amides is 1. The average molecular weight is 435 g/mol. The van der Waals surface area contributed by atoms with Gasteiger partial charge in [0.15, 0.2) is 10.9 Å². The first-order chi connectivity index (χ1) is 13.0. The van der Waals surface area contributed by atoms with E-state index < -0.39 is 36.1 Å². The summed E-state index contributed by atoms with van der Waals surface area (Å²) in [5.41, 5.74) is 0.170. The molecule has 0 aliphatic carbocycles. The number of nitro benzene ring substituents is 1. The van der Waals surface area contributed by atoms with Crippen molar-refractivity contribution in [2.75, 3.05) is 13.2 Å². The lowest BCUT2D eigenvalue weighted by Gasteiger charge is -2.10. The molecule has 0 spiro atoms. The molecule has 0 radical (unpaired) electrons. The molecule has 0 saturated heterocycles. The van der Waals surface area contributed by atoms with Crippen molar-refractivity contribution < 1.29 is 32.4 Å². The summed E-state index contributed by atoms with van der Waals surface area (Å²) in [6.45, 7) is -0.756. The first kappa shape index (κ1) is 21.6. The molecule has 8 nitrogen and oxygen atoms in total. The Kier molecular flexibility index (Phi) is 6.96. The van der Waals surface area contributed by atoms with E-state index in [1.54, 1.807) is 17.6 Å². The van der Waals surface area contributed by atoms with Crippen molar-refractivity contribution in [1.29, 1.82) is 0 Å². The number of aromatic nitrogens is 1. The van der Waals surface area contributed by atoms with Gasteiger partial charge in [-0.25, -0.2) is 9.78 Å². The predicted octanol–water partition coefficient (Wildman–Crippen LogP) is 3.35. The molecule has 0 fully saturated rings. The van der Waals surface area contributed by atoms with Crippen molar-refractivity contribution in [3.8, 4) is 0 Å². The van der Waals surface area contributed by atoms with E-state index >= 15 is 0 Å². The lowest BCUT2D eigenvalue weighted by atomic mass is 10.2. The van der Waals surface area contributed by atoms with Gasteiger partial charge in [0.25, 0.3) is 11.6 Å². The maximum absolute atomic E-state index is 12.3. The van der Waals surface area contributed by atoms with E-state index in [9.17, 15) is 32.9 Å². The molecule has 1 heterocycles. The van der Waals surface area contributed by atoms with Crippen LogP contribution in [0, 0.1) is 17.0 Å². The van der Waals surface area contributed by atoms with Gasteiger partial charge < -0.3 is 10.1 Å². The summed E-state index contributed by atoms with van der Waals surface area (Å²) in [5.74, 6) is -2.23. The Hall–Kier alpha value is -2.67. The fraction of sp³-hybridized carbons (Fsp3) is 0.267. The minimum atomic E-state index is -4.60. The highest BCUT2D eigenvalue weighted by Crippen LogP contribution is 2.34. The lowest BCUT2D eigenvalue weighted by Crippen LogP contribution is -2.36. The topological polar surface area (TPSA) is 111 Å². The lowest BCUT2D eigenvalue weighted by molar-refractivity contribution is -0.384. The predicted molar refractivity (Wildman–Crippen MR) is 93.4 cm³/mol. The number of carbonyl (C=O) groups is 2. The number of alkyl halides is 3. The second-order valence-electron chi connectivity index (χ2n) is 5.26. The van der Waals surface area contributed by atoms with Gasteiger partial charge in [-0.05, 0) is 13.0 Å². The van der Waals surface area contributed by atoms with Crippen LogP contribution in [0.15, 0.2) is 32.8 Å². The molecular formula is C15H12F3N3O5S2. The highest BCUT2D eigenvalue weighted by atomic mass is 32.2. The molecule has 2 aromatic rings. The molecule has 1 aromatic heterocycles. The molecule has 0 aliphatic rings. The molecule has 0 aliphatic heterocycles. The summed E-state index contributed by atoms with van der Waals surface area (Å²) in [7, 11) is 0. The molecule has 2 rings (SSSR count). The molecule has 1 amide bonds. The monoisotopic (exact) mass is 435 g/mol. The first-order valence-electron chi connectivity index (χ1n) is 7.44. The molecule has 0 atom stereocenters. The van der Waals surface area contributed by atoms with E-state index in [-0.39, 0.29) is 11.3 Å². The van der Waals surface area contributed by atoms with Crippen LogP contribution in [0.5, 0.6) is 0 Å². The highest BCUT2D eigenvalue weighted by molar-refractivity contribution is 8.01. The third kappa shape index (κ3) is 6.49. The minimum absolute atomic E-state index is 0.198. The van der Waals surface area contributed by atoms with E-state index in [1.807, 2.05) is 0 Å². The average Bonchev–Trinajstić information content (AvgIpc) is 3.02. The van der Waals surface area contributed by atoms with Gasteiger partial charge in [0.05, 0.1) is 10.5 Å². The number of esters is 1. The van der Waals surface area contributed by atoms with Crippen molar-refractivity contribution >= 4 is 40.7 Å². The van der Waals surface area contributed by atoms with Gasteiger partial charge in [-0.2, -0.15) is 13.2 Å². The second-order valence-corrected chi connectivity index (χ2v) is 7.41. The first-order valence-corrected chi connectivity index (χ1v) is 9.14. The molecule has 28 heavy (non-hydrogen) atoms. The zero-order chi connectivity index (χ0) is 20.9. The molecule has 0 bridgehead atoms. The number of nitrogens with one attached hydrogen (secondary N) is 1. The molecule has 13 heteroatoms. The summed E-state index contributed by atoms with van der Waals surface area (Å²) in [6, 6.07) is 3.49. The Balaban J connectivity index is 2.14. The van der Waals surface area contributed by atoms with Gasteiger partial charge in [0.1, 0.15) is 6.54 Å². The molecule has 1 aromatic carbocycles. The Morgan fingerprint density at radius 3 is 2.68 bits per heavy atom. The Morgan fingerprint density at radius 1 is 1.39 bits per heavy atom. The summed E-state index contributed by atoms with van der Waals surface area (Å²) in [6.07, 6.45) is -4.60. The molecule has 0 unspecified atom stereocenters. The van der Waals surface area contributed by atoms with E-state index in [2.05, 4.69) is 4.98 Å². The van der Waals surface area contributed by atoms with Crippen molar-refractivity contribution in [3.05, 3.63) is 45.0 Å². The van der Waals surface area contributed by atoms with Gasteiger partial charge in [0, 0.05) is 28.1 Å². The van der Waals surface area contributed by atoms with Gasteiger partial charge in [0.2, 0.25) is 0 Å². The van der Waals surface area contributed by atoms with Gasteiger partial charge in [-0.1, -0.05) is 11.8 Å². The summed E-state index contributed by atoms with van der Waals surface area (Å²) >= 11 is 2.36. The van der Waals surface area contributed by atoms with Crippen molar-refractivity contribution in [1.82, 2.24) is 10.3 Å². The maximum atomic E-state index is 12.3.